The third-order valence-corrected chi connectivity index (χ3v) is 2.31. The largest absolute Gasteiger partial charge is 0.418 e. The Morgan fingerprint density at radius 3 is 2.50 bits per heavy atom. The third kappa shape index (κ3) is 1.85. The molecule has 0 atom stereocenters. The van der Waals surface area contributed by atoms with Crippen molar-refractivity contribution < 1.29 is 13.2 Å². The monoisotopic (exact) mass is 245 g/mol. The molecule has 16 heavy (non-hydrogen) atoms. The van der Waals surface area contributed by atoms with E-state index < -0.39 is 11.7 Å². The van der Waals surface area contributed by atoms with Crippen LogP contribution in [0.5, 0.6) is 0 Å². The van der Waals surface area contributed by atoms with Crippen molar-refractivity contribution in [2.45, 2.75) is 6.18 Å². The summed E-state index contributed by atoms with van der Waals surface area (Å²) in [6.45, 7) is 0. The molecule has 7 heteroatoms. The maximum absolute atomic E-state index is 12.7. The van der Waals surface area contributed by atoms with Crippen molar-refractivity contribution in [3.05, 3.63) is 40.9 Å². The second-order valence-electron chi connectivity index (χ2n) is 3.05. The Hall–Kier alpha value is -1.63. The van der Waals surface area contributed by atoms with Gasteiger partial charge in [-0.1, -0.05) is 12.1 Å². The number of H-pyrrole nitrogens is 1. The lowest BCUT2D eigenvalue weighted by molar-refractivity contribution is -0.137. The highest BCUT2D eigenvalue weighted by molar-refractivity contribution is 7.71. The van der Waals surface area contributed by atoms with Crippen LogP contribution in [0, 0.1) is 4.77 Å². The molecule has 1 aromatic carbocycles. The number of para-hydroxylation sites is 1. The molecule has 1 aromatic heterocycles. The second kappa shape index (κ2) is 3.75. The molecule has 1 heterocycles. The van der Waals surface area contributed by atoms with Gasteiger partial charge in [0.25, 0.3) is 0 Å². The van der Waals surface area contributed by atoms with Crippen LogP contribution in [0.2, 0.25) is 0 Å². The van der Waals surface area contributed by atoms with Gasteiger partial charge in [-0.2, -0.15) is 18.3 Å². The Morgan fingerprint density at radius 2 is 1.94 bits per heavy atom. The van der Waals surface area contributed by atoms with Crippen molar-refractivity contribution >= 4 is 12.2 Å². The molecule has 0 bridgehead atoms. The molecule has 2 rings (SSSR count). The third-order valence-electron chi connectivity index (χ3n) is 2.02. The van der Waals surface area contributed by atoms with Gasteiger partial charge >= 0.3 is 6.18 Å². The summed E-state index contributed by atoms with van der Waals surface area (Å²) >= 11 is 4.83. The number of hydrogen-bond donors (Lipinski definition) is 1. The van der Waals surface area contributed by atoms with Crippen LogP contribution in [0.25, 0.3) is 5.69 Å². The molecular weight excluding hydrogens is 239 g/mol. The van der Waals surface area contributed by atoms with E-state index in [2.05, 4.69) is 10.2 Å². The zero-order valence-electron chi connectivity index (χ0n) is 7.82. The first-order valence-electron chi connectivity index (χ1n) is 4.29. The maximum Gasteiger partial charge on any atom is 0.418 e. The summed E-state index contributed by atoms with van der Waals surface area (Å²) in [6.07, 6.45) is -3.20. The van der Waals surface area contributed by atoms with Crippen molar-refractivity contribution in [3.8, 4) is 5.69 Å². The smallest absolute Gasteiger partial charge is 0.274 e. The molecule has 0 spiro atoms. The number of alkyl halides is 3. The van der Waals surface area contributed by atoms with Gasteiger partial charge in [-0.25, -0.2) is 0 Å². The Bertz CT molecular complexity index is 555. The first-order chi connectivity index (χ1) is 7.50. The number of benzene rings is 1. The fourth-order valence-corrected chi connectivity index (χ4v) is 1.54. The summed E-state index contributed by atoms with van der Waals surface area (Å²) in [4.78, 5) is 0. The number of hydrogen-bond acceptors (Lipinski definition) is 2. The van der Waals surface area contributed by atoms with Gasteiger partial charge in [0, 0.05) is 0 Å². The van der Waals surface area contributed by atoms with Gasteiger partial charge in [0.05, 0.1) is 11.3 Å². The Balaban J connectivity index is 2.67. The Labute approximate surface area is 93.5 Å². The molecule has 0 amide bonds. The molecule has 1 N–H and O–H groups in total. The lowest BCUT2D eigenvalue weighted by atomic mass is 10.1. The van der Waals surface area contributed by atoms with Gasteiger partial charge in [-0.05, 0) is 24.4 Å². The number of aromatic amines is 1. The SMILES string of the molecule is FC(F)(F)c1ccccc1-n1cn[nH]c1=S. The van der Waals surface area contributed by atoms with E-state index in [0.717, 1.165) is 6.07 Å². The molecule has 0 aliphatic heterocycles. The molecule has 0 aliphatic carbocycles. The lowest BCUT2D eigenvalue weighted by Crippen LogP contribution is -2.10. The fourth-order valence-electron chi connectivity index (χ4n) is 1.34. The van der Waals surface area contributed by atoms with Crippen LogP contribution in [0.4, 0.5) is 13.2 Å². The van der Waals surface area contributed by atoms with Gasteiger partial charge in [-0.3, -0.25) is 9.67 Å². The Kier molecular flexibility index (Phi) is 2.55. The first-order valence-corrected chi connectivity index (χ1v) is 4.69. The fraction of sp³-hybridized carbons (Fsp3) is 0.111. The molecule has 0 fully saturated rings. The van der Waals surface area contributed by atoms with Crippen molar-refractivity contribution in [3.63, 3.8) is 0 Å². The molecule has 0 saturated heterocycles. The number of halogens is 3. The zero-order chi connectivity index (χ0) is 11.8. The van der Waals surface area contributed by atoms with Gasteiger partial charge in [0.1, 0.15) is 6.33 Å². The average molecular weight is 245 g/mol. The van der Waals surface area contributed by atoms with Crippen molar-refractivity contribution in [1.29, 1.82) is 0 Å². The van der Waals surface area contributed by atoms with E-state index >= 15 is 0 Å². The topological polar surface area (TPSA) is 33.6 Å². The zero-order valence-corrected chi connectivity index (χ0v) is 8.64. The lowest BCUT2D eigenvalue weighted by Gasteiger charge is -2.12. The van der Waals surface area contributed by atoms with Crippen LogP contribution in [0.15, 0.2) is 30.6 Å². The minimum atomic E-state index is -4.41. The van der Waals surface area contributed by atoms with E-state index in [0.29, 0.717) is 0 Å². The molecule has 3 nitrogen and oxygen atoms in total. The predicted octanol–water partition coefficient (Wildman–Crippen LogP) is 2.95. The summed E-state index contributed by atoms with van der Waals surface area (Å²) in [5.41, 5.74) is -0.777. The molecule has 2 aromatic rings. The number of rotatable bonds is 1. The first kappa shape index (κ1) is 10.9. The summed E-state index contributed by atoms with van der Waals surface area (Å²) in [6, 6.07) is 5.19. The summed E-state index contributed by atoms with van der Waals surface area (Å²) in [5, 5.41) is 5.99. The van der Waals surface area contributed by atoms with Gasteiger partial charge < -0.3 is 0 Å². The molecule has 0 radical (unpaired) electrons. The number of aromatic nitrogens is 3. The minimum Gasteiger partial charge on any atom is -0.274 e. The van der Waals surface area contributed by atoms with Gasteiger partial charge in [0.2, 0.25) is 0 Å². The number of nitrogens with one attached hydrogen (secondary N) is 1. The molecule has 0 unspecified atom stereocenters. The standard InChI is InChI=1S/C9H6F3N3S/c10-9(11,12)6-3-1-2-4-7(6)15-5-13-14-8(15)16/h1-5H,(H,14,16). The normalized spacial score (nSPS) is 11.7. The van der Waals surface area contributed by atoms with E-state index in [1.165, 1.54) is 29.1 Å². The minimum absolute atomic E-state index is 0.0336. The maximum atomic E-state index is 12.7. The van der Waals surface area contributed by atoms with Gasteiger partial charge in [0.15, 0.2) is 4.77 Å². The van der Waals surface area contributed by atoms with E-state index in [1.54, 1.807) is 0 Å². The van der Waals surface area contributed by atoms with Crippen LogP contribution in [-0.4, -0.2) is 14.8 Å². The Morgan fingerprint density at radius 1 is 1.25 bits per heavy atom. The van der Waals surface area contributed by atoms with Crippen LogP contribution >= 0.6 is 12.2 Å². The summed E-state index contributed by atoms with van der Waals surface area (Å²) < 4.78 is 39.4. The van der Waals surface area contributed by atoms with Crippen LogP contribution in [0.3, 0.4) is 0 Å². The summed E-state index contributed by atoms with van der Waals surface area (Å²) in [7, 11) is 0. The van der Waals surface area contributed by atoms with E-state index in [1.807, 2.05) is 0 Å². The highest BCUT2D eigenvalue weighted by atomic mass is 32.1. The van der Waals surface area contributed by atoms with Gasteiger partial charge in [-0.15, -0.1) is 0 Å². The van der Waals surface area contributed by atoms with Crippen LogP contribution in [0.1, 0.15) is 5.56 Å². The molecule has 0 aliphatic rings. The highest BCUT2D eigenvalue weighted by Crippen LogP contribution is 2.33. The molecular formula is C9H6F3N3S. The van der Waals surface area contributed by atoms with Crippen LogP contribution < -0.4 is 0 Å². The quantitative estimate of drug-likeness (QED) is 0.784. The van der Waals surface area contributed by atoms with E-state index in [9.17, 15) is 13.2 Å². The average Bonchev–Trinajstić information content (AvgIpc) is 2.63. The van der Waals surface area contributed by atoms with Crippen molar-refractivity contribution in [1.82, 2.24) is 14.8 Å². The number of nitrogens with zero attached hydrogens (tertiary/aromatic N) is 2. The highest BCUT2D eigenvalue weighted by Gasteiger charge is 2.33. The van der Waals surface area contributed by atoms with E-state index in [-0.39, 0.29) is 10.5 Å². The van der Waals surface area contributed by atoms with Crippen molar-refractivity contribution in [2.24, 2.45) is 0 Å². The predicted molar refractivity (Wildman–Crippen MR) is 53.8 cm³/mol. The second-order valence-corrected chi connectivity index (χ2v) is 3.43. The molecule has 84 valence electrons. The summed E-state index contributed by atoms with van der Waals surface area (Å²) in [5.74, 6) is 0. The molecule has 0 saturated carbocycles. The van der Waals surface area contributed by atoms with E-state index in [4.69, 9.17) is 12.2 Å². The van der Waals surface area contributed by atoms with Crippen molar-refractivity contribution in [2.75, 3.05) is 0 Å². The van der Waals surface area contributed by atoms with Crippen LogP contribution in [-0.2, 0) is 6.18 Å².